The lowest BCUT2D eigenvalue weighted by atomic mass is 10.1. The first-order chi connectivity index (χ1) is 12.6. The molecular formula is C17H21N3O5S. The summed E-state index contributed by atoms with van der Waals surface area (Å²) in [4.78, 5) is 24.6. The third-order valence-electron chi connectivity index (χ3n) is 4.17. The third kappa shape index (κ3) is 4.10. The average molecular weight is 379 g/mol. The molecule has 0 saturated carbocycles. The number of methoxy groups -OCH3 is 2. The first-order valence-electron chi connectivity index (χ1n) is 8.27. The van der Waals surface area contributed by atoms with Crippen LogP contribution in [-0.4, -0.2) is 53.2 Å². The summed E-state index contributed by atoms with van der Waals surface area (Å²) in [5.74, 6) is 1.05. The van der Waals surface area contributed by atoms with Crippen LogP contribution in [0, 0.1) is 0 Å². The van der Waals surface area contributed by atoms with Crippen LogP contribution in [0.25, 0.3) is 0 Å². The fraction of sp³-hybridized carbons (Fsp3) is 0.471. The Hall–Kier alpha value is -2.26. The van der Waals surface area contributed by atoms with Crippen LogP contribution in [0.4, 0.5) is 0 Å². The highest BCUT2D eigenvalue weighted by Crippen LogP contribution is 2.26. The maximum Gasteiger partial charge on any atom is 0.344 e. The molecule has 0 aliphatic carbocycles. The molecule has 1 aromatic carbocycles. The first kappa shape index (κ1) is 18.5. The number of thioether (sulfide) groups is 1. The predicted octanol–water partition coefficient (Wildman–Crippen LogP) is 1.74. The lowest BCUT2D eigenvalue weighted by Gasteiger charge is -2.11. The molecule has 8 nitrogen and oxygen atoms in total. The van der Waals surface area contributed by atoms with Gasteiger partial charge < -0.3 is 14.2 Å². The molecular weight excluding hydrogens is 358 g/mol. The highest BCUT2D eigenvalue weighted by molar-refractivity contribution is 7.99. The predicted molar refractivity (Wildman–Crippen MR) is 96.4 cm³/mol. The van der Waals surface area contributed by atoms with Crippen LogP contribution in [0.3, 0.4) is 0 Å². The maximum absolute atomic E-state index is 12.6. The van der Waals surface area contributed by atoms with E-state index in [4.69, 9.17) is 14.2 Å². The van der Waals surface area contributed by atoms with E-state index in [9.17, 15) is 9.59 Å². The van der Waals surface area contributed by atoms with E-state index in [2.05, 4.69) is 10.2 Å². The van der Waals surface area contributed by atoms with Crippen molar-refractivity contribution in [2.75, 3.05) is 26.6 Å². The molecule has 3 rings (SSSR count). The number of carbonyl (C=O) groups excluding carboxylic acids is 1. The molecule has 0 unspecified atom stereocenters. The number of rotatable bonds is 8. The molecule has 1 N–H and O–H groups in total. The van der Waals surface area contributed by atoms with E-state index in [1.807, 2.05) is 0 Å². The zero-order chi connectivity index (χ0) is 18.5. The average Bonchev–Trinajstić information content (AvgIpc) is 3.30. The van der Waals surface area contributed by atoms with Gasteiger partial charge in [0.1, 0.15) is 11.5 Å². The summed E-state index contributed by atoms with van der Waals surface area (Å²) in [5.41, 5.74) is 0.136. The summed E-state index contributed by atoms with van der Waals surface area (Å²) >= 11 is 1.21. The monoisotopic (exact) mass is 379 g/mol. The molecule has 0 radical (unpaired) electrons. The molecule has 0 bridgehead atoms. The largest absolute Gasteiger partial charge is 0.497 e. The quantitative estimate of drug-likeness (QED) is 0.551. The Bertz CT molecular complexity index is 826. The SMILES string of the molecule is COc1ccc(OC)c(C(=O)CSc2n[nH]c(=O)n2C[C@@H]2CCCO2)c1. The smallest absolute Gasteiger partial charge is 0.344 e. The summed E-state index contributed by atoms with van der Waals surface area (Å²) in [5, 5.41) is 6.94. The van der Waals surface area contributed by atoms with Crippen LogP contribution in [0.2, 0.25) is 0 Å². The van der Waals surface area contributed by atoms with Gasteiger partial charge in [0, 0.05) is 6.61 Å². The van der Waals surface area contributed by atoms with Crippen molar-refractivity contribution in [1.82, 2.24) is 14.8 Å². The molecule has 140 valence electrons. The molecule has 2 aromatic rings. The van der Waals surface area contributed by atoms with Crippen molar-refractivity contribution in [2.45, 2.75) is 30.6 Å². The highest BCUT2D eigenvalue weighted by atomic mass is 32.2. The Kier molecular flexibility index (Phi) is 6.00. The Morgan fingerprint density at radius 2 is 2.27 bits per heavy atom. The van der Waals surface area contributed by atoms with E-state index in [1.54, 1.807) is 25.3 Å². The van der Waals surface area contributed by atoms with Crippen molar-refractivity contribution < 1.29 is 19.0 Å². The number of ketones is 1. The zero-order valence-corrected chi connectivity index (χ0v) is 15.5. The number of nitrogens with zero attached hydrogens (tertiary/aromatic N) is 2. The summed E-state index contributed by atoms with van der Waals surface area (Å²) in [6, 6.07) is 5.07. The van der Waals surface area contributed by atoms with Gasteiger partial charge in [0.05, 0.1) is 38.2 Å². The van der Waals surface area contributed by atoms with Gasteiger partial charge in [0.15, 0.2) is 10.9 Å². The highest BCUT2D eigenvalue weighted by Gasteiger charge is 2.21. The summed E-state index contributed by atoms with van der Waals surface area (Å²) < 4.78 is 17.5. The molecule has 1 aliphatic heterocycles. The standard InChI is InChI=1S/C17H21N3O5S/c1-23-11-5-6-15(24-2)13(8-11)14(21)10-26-17-19-18-16(22)20(17)9-12-4-3-7-25-12/h5-6,8,12H,3-4,7,9-10H2,1-2H3,(H,18,22)/t12-/m0/s1. The van der Waals surface area contributed by atoms with E-state index in [-0.39, 0.29) is 23.3 Å². The first-order valence-corrected chi connectivity index (χ1v) is 9.25. The van der Waals surface area contributed by atoms with Gasteiger partial charge in [-0.2, -0.15) is 0 Å². The van der Waals surface area contributed by atoms with Gasteiger partial charge in [-0.15, -0.1) is 5.10 Å². The Balaban J connectivity index is 1.71. The minimum atomic E-state index is -0.297. The molecule has 26 heavy (non-hydrogen) atoms. The summed E-state index contributed by atoms with van der Waals surface area (Å²) in [6.45, 7) is 1.15. The molecule has 2 heterocycles. The van der Waals surface area contributed by atoms with Crippen LogP contribution < -0.4 is 15.2 Å². The van der Waals surface area contributed by atoms with E-state index < -0.39 is 0 Å². The van der Waals surface area contributed by atoms with Crippen molar-refractivity contribution in [3.63, 3.8) is 0 Å². The number of carbonyl (C=O) groups is 1. The number of H-pyrrole nitrogens is 1. The Morgan fingerprint density at radius 1 is 1.42 bits per heavy atom. The Morgan fingerprint density at radius 3 is 2.96 bits per heavy atom. The van der Waals surface area contributed by atoms with Crippen LogP contribution in [0.5, 0.6) is 11.5 Å². The summed E-state index contributed by atoms with van der Waals surface area (Å²) in [7, 11) is 3.05. The lowest BCUT2D eigenvalue weighted by molar-refractivity contribution is 0.0941. The summed E-state index contributed by atoms with van der Waals surface area (Å²) in [6.07, 6.45) is 1.93. The van der Waals surface area contributed by atoms with Gasteiger partial charge in [0.25, 0.3) is 0 Å². The molecule has 1 atom stereocenters. The number of aromatic nitrogens is 3. The van der Waals surface area contributed by atoms with E-state index in [0.29, 0.717) is 35.4 Å². The number of ether oxygens (including phenoxy) is 3. The fourth-order valence-corrected chi connectivity index (χ4v) is 3.65. The third-order valence-corrected chi connectivity index (χ3v) is 5.15. The number of aromatic amines is 1. The Labute approximate surface area is 154 Å². The fourth-order valence-electron chi connectivity index (χ4n) is 2.81. The van der Waals surface area contributed by atoms with Gasteiger partial charge in [-0.05, 0) is 31.0 Å². The van der Waals surface area contributed by atoms with Crippen molar-refractivity contribution in [3.8, 4) is 11.5 Å². The number of hydrogen-bond acceptors (Lipinski definition) is 7. The van der Waals surface area contributed by atoms with Gasteiger partial charge in [-0.3, -0.25) is 9.36 Å². The minimum Gasteiger partial charge on any atom is -0.497 e. The van der Waals surface area contributed by atoms with Gasteiger partial charge >= 0.3 is 5.69 Å². The molecule has 9 heteroatoms. The maximum atomic E-state index is 12.6. The van der Waals surface area contributed by atoms with Crippen molar-refractivity contribution in [1.29, 1.82) is 0 Å². The van der Waals surface area contributed by atoms with Crippen LogP contribution in [0.1, 0.15) is 23.2 Å². The molecule has 0 amide bonds. The number of benzene rings is 1. The van der Waals surface area contributed by atoms with Gasteiger partial charge in [0.2, 0.25) is 0 Å². The second kappa shape index (κ2) is 8.41. The van der Waals surface area contributed by atoms with Gasteiger partial charge in [-0.1, -0.05) is 11.8 Å². The van der Waals surface area contributed by atoms with Crippen molar-refractivity contribution in [3.05, 3.63) is 34.2 Å². The van der Waals surface area contributed by atoms with Crippen LogP contribution >= 0.6 is 11.8 Å². The number of Topliss-reactive ketones (excluding diaryl/α,β-unsaturated/α-hetero) is 1. The lowest BCUT2D eigenvalue weighted by Crippen LogP contribution is -2.25. The van der Waals surface area contributed by atoms with Crippen molar-refractivity contribution >= 4 is 17.5 Å². The van der Waals surface area contributed by atoms with Crippen LogP contribution in [0.15, 0.2) is 28.2 Å². The van der Waals surface area contributed by atoms with Gasteiger partial charge in [-0.25, -0.2) is 9.89 Å². The topological polar surface area (TPSA) is 95.4 Å². The van der Waals surface area contributed by atoms with E-state index in [1.165, 1.54) is 23.4 Å². The second-order valence-electron chi connectivity index (χ2n) is 5.84. The normalized spacial score (nSPS) is 16.6. The zero-order valence-electron chi connectivity index (χ0n) is 14.7. The second-order valence-corrected chi connectivity index (χ2v) is 6.78. The van der Waals surface area contributed by atoms with Crippen molar-refractivity contribution in [2.24, 2.45) is 0 Å². The number of hydrogen-bond donors (Lipinski definition) is 1. The van der Waals surface area contributed by atoms with E-state index >= 15 is 0 Å². The molecule has 1 aliphatic rings. The minimum absolute atomic E-state index is 0.0128. The van der Waals surface area contributed by atoms with E-state index in [0.717, 1.165) is 12.8 Å². The molecule has 1 aromatic heterocycles. The van der Waals surface area contributed by atoms with Crippen LogP contribution in [-0.2, 0) is 11.3 Å². The molecule has 1 fully saturated rings. The molecule has 1 saturated heterocycles. The number of nitrogens with one attached hydrogen (secondary N) is 1. The molecule has 0 spiro atoms.